The van der Waals surface area contributed by atoms with E-state index in [1.807, 2.05) is 0 Å². The zero-order valence-corrected chi connectivity index (χ0v) is 40.9. The molecule has 0 saturated carbocycles. The highest BCUT2D eigenvalue weighted by Crippen LogP contribution is 2.16. The highest BCUT2D eigenvalue weighted by Gasteiger charge is 2.20. The van der Waals surface area contributed by atoms with Crippen molar-refractivity contribution in [3.63, 3.8) is 0 Å². The Bertz CT molecular complexity index is 951. The minimum absolute atomic E-state index is 0.0216. The van der Waals surface area contributed by atoms with Crippen molar-refractivity contribution in [1.82, 2.24) is 5.32 Å². The minimum Gasteiger partial charge on any atom is -0.466 e. The number of unbranched alkanes of at least 4 members (excludes halogenated alkanes) is 35. The van der Waals surface area contributed by atoms with Crippen molar-refractivity contribution in [3.05, 3.63) is 24.3 Å². The lowest BCUT2D eigenvalue weighted by atomic mass is 10.0. The maximum Gasteiger partial charge on any atom is 0.305 e. The van der Waals surface area contributed by atoms with Gasteiger partial charge in [-0.1, -0.05) is 224 Å². The van der Waals surface area contributed by atoms with Crippen LogP contribution in [0.3, 0.4) is 0 Å². The molecule has 0 aromatic carbocycles. The molecule has 0 spiro atoms. The Morgan fingerprint density at radius 3 is 1.20 bits per heavy atom. The van der Waals surface area contributed by atoms with Crippen molar-refractivity contribution in [2.45, 2.75) is 302 Å². The molecule has 0 aromatic rings. The molecule has 1 amide bonds. The molecule has 0 aliphatic heterocycles. The fourth-order valence-corrected chi connectivity index (χ4v) is 8.28. The zero-order chi connectivity index (χ0) is 44.4. The third-order valence-electron chi connectivity index (χ3n) is 12.5. The molecule has 2 unspecified atom stereocenters. The summed E-state index contributed by atoms with van der Waals surface area (Å²) in [5, 5.41) is 23.3. The molecule has 360 valence electrons. The number of amides is 1. The molecule has 0 bridgehead atoms. The summed E-state index contributed by atoms with van der Waals surface area (Å²) in [6.45, 7) is 4.90. The van der Waals surface area contributed by atoms with Crippen LogP contribution in [-0.4, -0.2) is 47.4 Å². The van der Waals surface area contributed by atoms with Crippen molar-refractivity contribution < 1.29 is 24.5 Å². The Morgan fingerprint density at radius 2 is 0.770 bits per heavy atom. The van der Waals surface area contributed by atoms with Gasteiger partial charge in [0.25, 0.3) is 0 Å². The van der Waals surface area contributed by atoms with Crippen LogP contribution in [0.2, 0.25) is 0 Å². The van der Waals surface area contributed by atoms with E-state index in [0.717, 1.165) is 70.6 Å². The van der Waals surface area contributed by atoms with Gasteiger partial charge in [0.1, 0.15) is 0 Å². The predicted molar refractivity (Wildman–Crippen MR) is 264 cm³/mol. The average Bonchev–Trinajstić information content (AvgIpc) is 3.26. The molecule has 6 heteroatoms. The molecule has 6 nitrogen and oxygen atoms in total. The summed E-state index contributed by atoms with van der Waals surface area (Å²) in [5.41, 5.74) is 0. The molecule has 3 N–H and O–H groups in total. The normalized spacial score (nSPS) is 12.8. The maximum absolute atomic E-state index is 12.5. The topological polar surface area (TPSA) is 95.9 Å². The van der Waals surface area contributed by atoms with Crippen LogP contribution in [0.15, 0.2) is 24.3 Å². The average molecular weight is 860 g/mol. The second kappa shape index (κ2) is 51.0. The second-order valence-corrected chi connectivity index (χ2v) is 18.6. The lowest BCUT2D eigenvalue weighted by Gasteiger charge is -2.22. The van der Waals surface area contributed by atoms with E-state index < -0.39 is 12.1 Å². The zero-order valence-electron chi connectivity index (χ0n) is 40.9. The van der Waals surface area contributed by atoms with Crippen LogP contribution in [0, 0.1) is 0 Å². The van der Waals surface area contributed by atoms with Crippen molar-refractivity contribution >= 4 is 11.9 Å². The van der Waals surface area contributed by atoms with E-state index in [-0.39, 0.29) is 18.5 Å². The summed E-state index contributed by atoms with van der Waals surface area (Å²) >= 11 is 0. The number of aliphatic hydroxyl groups is 2. The first-order valence-electron chi connectivity index (χ1n) is 27.1. The van der Waals surface area contributed by atoms with Gasteiger partial charge in [-0.2, -0.15) is 0 Å². The number of esters is 1. The summed E-state index contributed by atoms with van der Waals surface area (Å²) in [6, 6.07) is -0.562. The van der Waals surface area contributed by atoms with Crippen LogP contribution in [0.1, 0.15) is 290 Å². The summed E-state index contributed by atoms with van der Waals surface area (Å²) in [6.07, 6.45) is 60.1. The van der Waals surface area contributed by atoms with Gasteiger partial charge in [-0.3, -0.25) is 9.59 Å². The second-order valence-electron chi connectivity index (χ2n) is 18.6. The van der Waals surface area contributed by atoms with E-state index in [2.05, 4.69) is 43.5 Å². The van der Waals surface area contributed by atoms with E-state index in [1.54, 1.807) is 0 Å². The first-order valence-corrected chi connectivity index (χ1v) is 27.1. The summed E-state index contributed by atoms with van der Waals surface area (Å²) in [7, 11) is 0. The fourth-order valence-electron chi connectivity index (χ4n) is 8.28. The number of hydrogen-bond acceptors (Lipinski definition) is 5. The minimum atomic E-state index is -0.682. The van der Waals surface area contributed by atoms with Gasteiger partial charge < -0.3 is 20.3 Å². The van der Waals surface area contributed by atoms with E-state index in [4.69, 9.17) is 4.74 Å². The Hall–Kier alpha value is -1.66. The Kier molecular flexibility index (Phi) is 49.6. The number of hydrogen-bond donors (Lipinski definition) is 3. The molecular formula is C55H105NO5. The van der Waals surface area contributed by atoms with Gasteiger partial charge in [0.2, 0.25) is 5.91 Å². The maximum atomic E-state index is 12.5. The third-order valence-corrected chi connectivity index (χ3v) is 12.5. The molecule has 0 radical (unpaired) electrons. The number of nitrogens with one attached hydrogen (secondary N) is 1. The van der Waals surface area contributed by atoms with Gasteiger partial charge in [-0.05, 0) is 77.0 Å². The summed E-state index contributed by atoms with van der Waals surface area (Å²) < 4.78 is 5.45. The Balaban J connectivity index is 3.51. The largest absolute Gasteiger partial charge is 0.466 e. The van der Waals surface area contributed by atoms with Crippen molar-refractivity contribution in [3.8, 4) is 0 Å². The van der Waals surface area contributed by atoms with Gasteiger partial charge in [0, 0.05) is 12.8 Å². The van der Waals surface area contributed by atoms with Crippen LogP contribution in [0.5, 0.6) is 0 Å². The number of carbonyl (C=O) groups is 2. The number of carbonyl (C=O) groups excluding carboxylic acids is 2. The summed E-state index contributed by atoms with van der Waals surface area (Å²) in [5.74, 6) is -0.0854. The lowest BCUT2D eigenvalue weighted by Crippen LogP contribution is -2.45. The van der Waals surface area contributed by atoms with Crippen molar-refractivity contribution in [2.24, 2.45) is 0 Å². The molecule has 0 heterocycles. The smallest absolute Gasteiger partial charge is 0.305 e. The Labute approximate surface area is 380 Å². The lowest BCUT2D eigenvalue weighted by molar-refractivity contribution is -0.143. The molecule has 0 aliphatic carbocycles. The van der Waals surface area contributed by atoms with Crippen LogP contribution in [0.25, 0.3) is 0 Å². The molecule has 61 heavy (non-hydrogen) atoms. The van der Waals surface area contributed by atoms with Crippen molar-refractivity contribution in [1.29, 1.82) is 0 Å². The number of ether oxygens (including phenoxy) is 1. The van der Waals surface area contributed by atoms with Gasteiger partial charge >= 0.3 is 5.97 Å². The highest BCUT2D eigenvalue weighted by atomic mass is 16.5. The molecule has 0 fully saturated rings. The molecule has 0 saturated heterocycles. The predicted octanol–water partition coefficient (Wildman–Crippen LogP) is 16.3. The first-order chi connectivity index (χ1) is 30.0. The standard InChI is InChI=1S/C55H105NO5/c1-3-5-7-9-11-13-15-17-18-19-20-21-24-27-31-35-39-43-47-53(58)52(51-57)56-54(59)48-44-40-36-32-28-25-22-26-30-34-38-42-46-50-61-55(60)49-45-41-37-33-29-23-16-14-12-10-8-6-4-2/h14,16,25,28,52-53,57-58H,3-13,15,17-24,26-27,29-51H2,1-2H3,(H,56,59)/b16-14-,28-25-. The van der Waals surface area contributed by atoms with E-state index in [1.165, 1.54) is 186 Å². The third kappa shape index (κ3) is 47.7. The molecule has 0 aliphatic rings. The van der Waals surface area contributed by atoms with Crippen LogP contribution in [0.4, 0.5) is 0 Å². The number of rotatable bonds is 50. The monoisotopic (exact) mass is 860 g/mol. The number of aliphatic hydroxyl groups excluding tert-OH is 2. The van der Waals surface area contributed by atoms with E-state index >= 15 is 0 Å². The van der Waals surface area contributed by atoms with Crippen LogP contribution < -0.4 is 5.32 Å². The van der Waals surface area contributed by atoms with E-state index in [0.29, 0.717) is 25.9 Å². The molecule has 0 aromatic heterocycles. The Morgan fingerprint density at radius 1 is 0.443 bits per heavy atom. The molecular weight excluding hydrogens is 755 g/mol. The first kappa shape index (κ1) is 59.3. The molecule has 0 rings (SSSR count). The highest BCUT2D eigenvalue weighted by molar-refractivity contribution is 5.76. The number of allylic oxidation sites excluding steroid dienone is 4. The van der Waals surface area contributed by atoms with Gasteiger partial charge in [-0.25, -0.2) is 0 Å². The van der Waals surface area contributed by atoms with Crippen molar-refractivity contribution in [2.75, 3.05) is 13.2 Å². The van der Waals surface area contributed by atoms with E-state index in [9.17, 15) is 19.8 Å². The van der Waals surface area contributed by atoms with Gasteiger partial charge in [0.15, 0.2) is 0 Å². The van der Waals surface area contributed by atoms with Gasteiger partial charge in [0.05, 0.1) is 25.4 Å². The fraction of sp³-hybridized carbons (Fsp3) is 0.891. The quantitative estimate of drug-likeness (QED) is 0.0322. The SMILES string of the molecule is CCCCCC/C=C\CCCCCCCC(=O)OCCCCCCCC/C=C\CCCCCC(=O)NC(CO)C(O)CCCCCCCCCCCCCCCCCCCC. The van der Waals surface area contributed by atoms with Crippen LogP contribution >= 0.6 is 0 Å². The summed E-state index contributed by atoms with van der Waals surface area (Å²) in [4.78, 5) is 24.5. The molecule has 2 atom stereocenters. The van der Waals surface area contributed by atoms with Crippen LogP contribution in [-0.2, 0) is 14.3 Å². The van der Waals surface area contributed by atoms with Gasteiger partial charge in [-0.15, -0.1) is 0 Å².